The first-order valence-electron chi connectivity index (χ1n) is 7.70. The van der Waals surface area contributed by atoms with E-state index in [4.69, 9.17) is 4.74 Å². The minimum Gasteiger partial charge on any atom is -0.378 e. The van der Waals surface area contributed by atoms with Gasteiger partial charge in [0.2, 0.25) is 10.0 Å². The SMILES string of the molecule is CCOC1CC(NS(=O)(=O)CCCNC2CC2)C1(C)C. The van der Waals surface area contributed by atoms with Gasteiger partial charge in [0.1, 0.15) is 0 Å². The van der Waals surface area contributed by atoms with Crippen molar-refractivity contribution in [3.8, 4) is 0 Å². The van der Waals surface area contributed by atoms with Gasteiger partial charge in [0.05, 0.1) is 11.9 Å². The summed E-state index contributed by atoms with van der Waals surface area (Å²) in [6.07, 6.45) is 4.09. The molecule has 118 valence electrons. The summed E-state index contributed by atoms with van der Waals surface area (Å²) in [5.41, 5.74) is -0.116. The molecule has 2 rings (SSSR count). The number of hydrogen-bond donors (Lipinski definition) is 2. The molecule has 0 aliphatic heterocycles. The van der Waals surface area contributed by atoms with Gasteiger partial charge in [-0.3, -0.25) is 0 Å². The lowest BCUT2D eigenvalue weighted by Gasteiger charge is -2.51. The fraction of sp³-hybridized carbons (Fsp3) is 1.00. The van der Waals surface area contributed by atoms with Crippen LogP contribution in [0.2, 0.25) is 0 Å². The highest BCUT2D eigenvalue weighted by Gasteiger charge is 2.50. The molecule has 2 atom stereocenters. The minimum atomic E-state index is -3.17. The van der Waals surface area contributed by atoms with E-state index in [0.29, 0.717) is 19.1 Å². The molecule has 0 bridgehead atoms. The molecule has 2 fully saturated rings. The number of hydrogen-bond acceptors (Lipinski definition) is 4. The second kappa shape index (κ2) is 6.30. The van der Waals surface area contributed by atoms with Crippen molar-refractivity contribution >= 4 is 10.0 Å². The molecule has 0 saturated heterocycles. The van der Waals surface area contributed by atoms with Gasteiger partial charge in [-0.05, 0) is 39.2 Å². The molecule has 5 nitrogen and oxygen atoms in total. The number of sulfonamides is 1. The van der Waals surface area contributed by atoms with E-state index in [2.05, 4.69) is 23.9 Å². The van der Waals surface area contributed by atoms with Crippen LogP contribution >= 0.6 is 0 Å². The smallest absolute Gasteiger partial charge is 0.211 e. The number of nitrogens with one attached hydrogen (secondary N) is 2. The average Bonchev–Trinajstić information content (AvgIpc) is 3.17. The largest absolute Gasteiger partial charge is 0.378 e. The summed E-state index contributed by atoms with van der Waals surface area (Å²) in [5.74, 6) is 0.207. The zero-order chi connectivity index (χ0) is 14.8. The van der Waals surface area contributed by atoms with Crippen LogP contribution in [-0.4, -0.2) is 45.5 Å². The molecule has 0 spiro atoms. The molecule has 0 radical (unpaired) electrons. The third kappa shape index (κ3) is 4.16. The molecule has 2 saturated carbocycles. The predicted octanol–water partition coefficient (Wildman–Crippen LogP) is 1.25. The van der Waals surface area contributed by atoms with Crippen LogP contribution < -0.4 is 10.0 Å². The van der Waals surface area contributed by atoms with Crippen molar-refractivity contribution < 1.29 is 13.2 Å². The Hall–Kier alpha value is -0.170. The lowest BCUT2D eigenvalue weighted by atomic mass is 9.65. The molecular formula is C14H28N2O3S. The molecule has 2 aliphatic carbocycles. The Balaban J connectivity index is 1.71. The highest BCUT2D eigenvalue weighted by Crippen LogP contribution is 2.43. The van der Waals surface area contributed by atoms with Gasteiger partial charge in [-0.25, -0.2) is 13.1 Å². The Morgan fingerprint density at radius 1 is 1.30 bits per heavy atom. The lowest BCUT2D eigenvalue weighted by Crippen LogP contribution is -2.62. The standard InChI is InChI=1S/C14H28N2O3S/c1-4-19-13-10-12(14(13,2)3)16-20(17,18)9-5-8-15-11-6-7-11/h11-13,15-16H,4-10H2,1-3H3. The Bertz CT molecular complexity index is 418. The molecule has 0 aromatic rings. The predicted molar refractivity (Wildman–Crippen MR) is 80.2 cm³/mol. The molecule has 2 aliphatic rings. The second-order valence-electron chi connectivity index (χ2n) is 6.57. The van der Waals surface area contributed by atoms with E-state index in [1.165, 1.54) is 12.8 Å². The van der Waals surface area contributed by atoms with Crippen LogP contribution in [0.15, 0.2) is 0 Å². The van der Waals surface area contributed by atoms with E-state index < -0.39 is 10.0 Å². The van der Waals surface area contributed by atoms with E-state index in [9.17, 15) is 8.42 Å². The van der Waals surface area contributed by atoms with Crippen molar-refractivity contribution in [3.05, 3.63) is 0 Å². The minimum absolute atomic E-state index is 0.000409. The number of rotatable bonds is 9. The summed E-state index contributed by atoms with van der Waals surface area (Å²) in [5, 5.41) is 3.34. The lowest BCUT2D eigenvalue weighted by molar-refractivity contribution is -0.108. The van der Waals surface area contributed by atoms with Crippen LogP contribution in [0.4, 0.5) is 0 Å². The summed E-state index contributed by atoms with van der Waals surface area (Å²) >= 11 is 0. The van der Waals surface area contributed by atoms with Crippen molar-refractivity contribution in [1.82, 2.24) is 10.0 Å². The van der Waals surface area contributed by atoms with Gasteiger partial charge in [0.15, 0.2) is 0 Å². The van der Waals surface area contributed by atoms with Crippen LogP contribution in [0, 0.1) is 5.41 Å². The Morgan fingerprint density at radius 2 is 2.00 bits per heavy atom. The second-order valence-corrected chi connectivity index (χ2v) is 8.45. The Morgan fingerprint density at radius 3 is 2.55 bits per heavy atom. The zero-order valence-corrected chi connectivity index (χ0v) is 13.6. The zero-order valence-electron chi connectivity index (χ0n) is 12.8. The van der Waals surface area contributed by atoms with Crippen LogP contribution in [-0.2, 0) is 14.8 Å². The Labute approximate surface area is 122 Å². The molecule has 0 aromatic carbocycles. The van der Waals surface area contributed by atoms with Crippen molar-refractivity contribution in [3.63, 3.8) is 0 Å². The topological polar surface area (TPSA) is 67.4 Å². The van der Waals surface area contributed by atoms with Gasteiger partial charge in [0, 0.05) is 24.1 Å². The van der Waals surface area contributed by atoms with Crippen LogP contribution in [0.3, 0.4) is 0 Å². The van der Waals surface area contributed by atoms with Gasteiger partial charge in [-0.2, -0.15) is 0 Å². The van der Waals surface area contributed by atoms with E-state index in [1.807, 2.05) is 6.92 Å². The molecule has 20 heavy (non-hydrogen) atoms. The maximum atomic E-state index is 12.1. The van der Waals surface area contributed by atoms with Crippen molar-refractivity contribution in [2.75, 3.05) is 18.9 Å². The van der Waals surface area contributed by atoms with Gasteiger partial charge in [-0.1, -0.05) is 13.8 Å². The van der Waals surface area contributed by atoms with Crippen molar-refractivity contribution in [2.24, 2.45) is 5.41 Å². The summed E-state index contributed by atoms with van der Waals surface area (Å²) in [6.45, 7) is 7.58. The van der Waals surface area contributed by atoms with Gasteiger partial charge < -0.3 is 10.1 Å². The summed E-state index contributed by atoms with van der Waals surface area (Å²) in [4.78, 5) is 0. The third-order valence-corrected chi connectivity index (χ3v) is 5.94. The molecular weight excluding hydrogens is 276 g/mol. The summed E-state index contributed by atoms with van der Waals surface area (Å²) in [6, 6.07) is 0.642. The van der Waals surface area contributed by atoms with Crippen LogP contribution in [0.1, 0.15) is 46.5 Å². The first kappa shape index (κ1) is 16.2. The molecule has 0 heterocycles. The summed E-state index contributed by atoms with van der Waals surface area (Å²) < 4.78 is 32.6. The molecule has 0 aromatic heterocycles. The number of ether oxygens (including phenoxy) is 1. The van der Waals surface area contributed by atoms with E-state index >= 15 is 0 Å². The van der Waals surface area contributed by atoms with Gasteiger partial charge in [0.25, 0.3) is 0 Å². The fourth-order valence-electron chi connectivity index (χ4n) is 2.70. The maximum Gasteiger partial charge on any atom is 0.211 e. The highest BCUT2D eigenvalue weighted by molar-refractivity contribution is 7.89. The van der Waals surface area contributed by atoms with Gasteiger partial charge in [-0.15, -0.1) is 0 Å². The molecule has 6 heteroatoms. The maximum absolute atomic E-state index is 12.1. The van der Waals surface area contributed by atoms with Crippen LogP contribution in [0.25, 0.3) is 0 Å². The fourth-order valence-corrected chi connectivity index (χ4v) is 4.18. The monoisotopic (exact) mass is 304 g/mol. The highest BCUT2D eigenvalue weighted by atomic mass is 32.2. The van der Waals surface area contributed by atoms with E-state index in [-0.39, 0.29) is 23.3 Å². The quantitative estimate of drug-likeness (QED) is 0.629. The van der Waals surface area contributed by atoms with Crippen molar-refractivity contribution in [2.45, 2.75) is 64.6 Å². The molecule has 0 amide bonds. The normalized spacial score (nSPS) is 29.1. The van der Waals surface area contributed by atoms with E-state index in [1.54, 1.807) is 0 Å². The summed E-state index contributed by atoms with van der Waals surface area (Å²) in [7, 11) is -3.17. The van der Waals surface area contributed by atoms with Crippen LogP contribution in [0.5, 0.6) is 0 Å². The average molecular weight is 304 g/mol. The third-order valence-electron chi connectivity index (χ3n) is 4.47. The molecule has 2 N–H and O–H groups in total. The first-order chi connectivity index (χ1) is 9.35. The van der Waals surface area contributed by atoms with Gasteiger partial charge >= 0.3 is 0 Å². The molecule has 2 unspecified atom stereocenters. The Kier molecular flexibility index (Phi) is 5.10. The van der Waals surface area contributed by atoms with E-state index in [0.717, 1.165) is 13.0 Å². The van der Waals surface area contributed by atoms with Crippen molar-refractivity contribution in [1.29, 1.82) is 0 Å². The first-order valence-corrected chi connectivity index (χ1v) is 9.35.